The third kappa shape index (κ3) is 2.96. The van der Waals surface area contributed by atoms with Gasteiger partial charge >= 0.3 is 12.0 Å². The van der Waals surface area contributed by atoms with Crippen molar-refractivity contribution in [1.82, 2.24) is 10.6 Å². The molecule has 3 amide bonds. The first-order chi connectivity index (χ1) is 10.5. The second-order valence-electron chi connectivity index (χ2n) is 7.18. The SMILES string of the molecule is CCNC(=O)NC(=O)COC(=O)C12CC3CC(CC(C3)C1)C2. The Labute approximate surface area is 130 Å². The maximum Gasteiger partial charge on any atom is 0.321 e. The zero-order chi connectivity index (χ0) is 15.7. The van der Waals surface area contributed by atoms with Crippen LogP contribution in [0.3, 0.4) is 0 Å². The number of hydrogen-bond donors (Lipinski definition) is 2. The van der Waals surface area contributed by atoms with Gasteiger partial charge in [0.15, 0.2) is 6.61 Å². The van der Waals surface area contributed by atoms with Gasteiger partial charge in [0.1, 0.15) is 0 Å². The normalized spacial score (nSPS) is 35.0. The van der Waals surface area contributed by atoms with Crippen LogP contribution < -0.4 is 10.6 Å². The highest BCUT2D eigenvalue weighted by atomic mass is 16.5. The molecule has 0 saturated heterocycles. The summed E-state index contributed by atoms with van der Waals surface area (Å²) in [5.41, 5.74) is -0.360. The highest BCUT2D eigenvalue weighted by Crippen LogP contribution is 2.60. The molecule has 4 aliphatic carbocycles. The molecule has 122 valence electrons. The molecule has 0 aromatic rings. The molecule has 0 atom stereocenters. The number of imide groups is 1. The molecule has 4 rings (SSSR count). The third-order valence-corrected chi connectivity index (χ3v) is 5.40. The van der Waals surface area contributed by atoms with Gasteiger partial charge in [0.25, 0.3) is 5.91 Å². The summed E-state index contributed by atoms with van der Waals surface area (Å²) in [6, 6.07) is -0.557. The molecule has 0 aromatic heterocycles. The first kappa shape index (κ1) is 15.3. The van der Waals surface area contributed by atoms with E-state index in [9.17, 15) is 14.4 Å². The van der Waals surface area contributed by atoms with E-state index in [1.54, 1.807) is 6.92 Å². The molecule has 4 aliphatic rings. The Morgan fingerprint density at radius 3 is 2.09 bits per heavy atom. The van der Waals surface area contributed by atoms with Crippen molar-refractivity contribution in [3.8, 4) is 0 Å². The van der Waals surface area contributed by atoms with E-state index in [2.05, 4.69) is 10.6 Å². The van der Waals surface area contributed by atoms with Gasteiger partial charge in [-0.05, 0) is 63.2 Å². The third-order valence-electron chi connectivity index (χ3n) is 5.40. The molecule has 0 aliphatic heterocycles. The van der Waals surface area contributed by atoms with Gasteiger partial charge in [0.05, 0.1) is 5.41 Å². The van der Waals surface area contributed by atoms with Crippen LogP contribution in [0.5, 0.6) is 0 Å². The van der Waals surface area contributed by atoms with Crippen molar-refractivity contribution in [3.63, 3.8) is 0 Å². The van der Waals surface area contributed by atoms with Crippen LogP contribution in [0.15, 0.2) is 0 Å². The molecule has 0 spiro atoms. The van der Waals surface area contributed by atoms with Crippen LogP contribution in [0.1, 0.15) is 45.4 Å². The van der Waals surface area contributed by atoms with Crippen LogP contribution in [-0.4, -0.2) is 31.1 Å². The monoisotopic (exact) mass is 308 g/mol. The molecule has 4 fully saturated rings. The second-order valence-corrected chi connectivity index (χ2v) is 7.18. The molecule has 6 nitrogen and oxygen atoms in total. The molecular weight excluding hydrogens is 284 g/mol. The number of amides is 3. The standard InChI is InChI=1S/C16H24N2O4/c1-2-17-15(21)18-13(19)9-22-14(20)16-6-10-3-11(7-16)5-12(4-10)8-16/h10-12H,2-9H2,1H3,(H2,17,18,19,21). The van der Waals surface area contributed by atoms with Gasteiger partial charge in [-0.15, -0.1) is 0 Å². The minimum atomic E-state index is -0.580. The Morgan fingerprint density at radius 1 is 1.05 bits per heavy atom. The Morgan fingerprint density at radius 2 is 1.59 bits per heavy atom. The highest BCUT2D eigenvalue weighted by Gasteiger charge is 2.55. The fraction of sp³-hybridized carbons (Fsp3) is 0.812. The summed E-state index contributed by atoms with van der Waals surface area (Å²) < 4.78 is 5.24. The summed E-state index contributed by atoms with van der Waals surface area (Å²) in [5.74, 6) is 1.15. The number of esters is 1. The van der Waals surface area contributed by atoms with E-state index >= 15 is 0 Å². The number of rotatable bonds is 4. The van der Waals surface area contributed by atoms with Crippen LogP contribution in [0.2, 0.25) is 0 Å². The second kappa shape index (κ2) is 5.89. The van der Waals surface area contributed by atoms with E-state index in [1.165, 1.54) is 19.3 Å². The van der Waals surface area contributed by atoms with Gasteiger partial charge < -0.3 is 10.1 Å². The predicted molar refractivity (Wildman–Crippen MR) is 78.8 cm³/mol. The lowest BCUT2D eigenvalue weighted by Crippen LogP contribution is -2.51. The zero-order valence-corrected chi connectivity index (χ0v) is 13.0. The van der Waals surface area contributed by atoms with Gasteiger partial charge in [-0.25, -0.2) is 4.79 Å². The van der Waals surface area contributed by atoms with Crippen molar-refractivity contribution in [2.75, 3.05) is 13.2 Å². The summed E-state index contributed by atoms with van der Waals surface area (Å²) in [4.78, 5) is 35.4. The Kier molecular flexibility index (Phi) is 4.10. The molecule has 0 aromatic carbocycles. The largest absolute Gasteiger partial charge is 0.455 e. The molecule has 0 heterocycles. The van der Waals surface area contributed by atoms with Gasteiger partial charge in [-0.3, -0.25) is 14.9 Å². The van der Waals surface area contributed by atoms with Crippen molar-refractivity contribution in [1.29, 1.82) is 0 Å². The smallest absolute Gasteiger partial charge is 0.321 e. The number of ether oxygens (including phenoxy) is 1. The highest BCUT2D eigenvalue weighted by molar-refractivity contribution is 5.95. The Balaban J connectivity index is 1.52. The average Bonchev–Trinajstić information content (AvgIpc) is 2.43. The fourth-order valence-electron chi connectivity index (χ4n) is 5.01. The molecule has 0 radical (unpaired) electrons. The number of nitrogens with one attached hydrogen (secondary N) is 2. The minimum Gasteiger partial charge on any atom is -0.455 e. The van der Waals surface area contributed by atoms with Crippen molar-refractivity contribution < 1.29 is 19.1 Å². The summed E-state index contributed by atoms with van der Waals surface area (Å²) in [7, 11) is 0. The molecule has 0 unspecified atom stereocenters. The van der Waals surface area contributed by atoms with E-state index < -0.39 is 11.9 Å². The van der Waals surface area contributed by atoms with Crippen molar-refractivity contribution in [3.05, 3.63) is 0 Å². The van der Waals surface area contributed by atoms with Crippen LogP contribution >= 0.6 is 0 Å². The summed E-state index contributed by atoms with van der Waals surface area (Å²) >= 11 is 0. The lowest BCUT2D eigenvalue weighted by Gasteiger charge is -2.55. The number of carbonyl (C=O) groups is 3. The summed E-state index contributed by atoms with van der Waals surface area (Å²) in [6.45, 7) is 1.82. The van der Waals surface area contributed by atoms with Crippen molar-refractivity contribution >= 4 is 17.9 Å². The number of hydrogen-bond acceptors (Lipinski definition) is 4. The maximum atomic E-state index is 12.5. The Bertz CT molecular complexity index is 453. The number of urea groups is 1. The molecule has 2 N–H and O–H groups in total. The van der Waals surface area contributed by atoms with E-state index in [0.717, 1.165) is 19.3 Å². The first-order valence-corrected chi connectivity index (χ1v) is 8.25. The quantitative estimate of drug-likeness (QED) is 0.772. The molecule has 4 saturated carbocycles. The van der Waals surface area contributed by atoms with Gasteiger partial charge in [-0.2, -0.15) is 0 Å². The van der Waals surface area contributed by atoms with E-state index in [-0.39, 0.29) is 18.0 Å². The van der Waals surface area contributed by atoms with Crippen LogP contribution in [0.25, 0.3) is 0 Å². The lowest BCUT2D eigenvalue weighted by molar-refractivity contribution is -0.173. The van der Waals surface area contributed by atoms with Gasteiger partial charge in [0, 0.05) is 6.54 Å². The van der Waals surface area contributed by atoms with Crippen LogP contribution in [0, 0.1) is 23.2 Å². The first-order valence-electron chi connectivity index (χ1n) is 8.25. The average molecular weight is 308 g/mol. The van der Waals surface area contributed by atoms with Gasteiger partial charge in [-0.1, -0.05) is 0 Å². The molecular formula is C16H24N2O4. The summed E-state index contributed by atoms with van der Waals surface area (Å²) in [6.07, 6.45) is 6.50. The Hall–Kier alpha value is -1.59. The summed E-state index contributed by atoms with van der Waals surface area (Å²) in [5, 5.41) is 4.61. The van der Waals surface area contributed by atoms with E-state index in [4.69, 9.17) is 4.74 Å². The van der Waals surface area contributed by atoms with Gasteiger partial charge in [0.2, 0.25) is 0 Å². The molecule has 6 heteroatoms. The predicted octanol–water partition coefficient (Wildman–Crippen LogP) is 1.59. The topological polar surface area (TPSA) is 84.5 Å². The van der Waals surface area contributed by atoms with E-state index in [1.807, 2.05) is 0 Å². The van der Waals surface area contributed by atoms with Crippen LogP contribution in [-0.2, 0) is 14.3 Å². The van der Waals surface area contributed by atoms with Crippen molar-refractivity contribution in [2.45, 2.75) is 45.4 Å². The molecule has 22 heavy (non-hydrogen) atoms. The molecule has 4 bridgehead atoms. The minimum absolute atomic E-state index is 0.238. The zero-order valence-electron chi connectivity index (χ0n) is 13.0. The lowest BCUT2D eigenvalue weighted by atomic mass is 9.49. The van der Waals surface area contributed by atoms with E-state index in [0.29, 0.717) is 24.3 Å². The van der Waals surface area contributed by atoms with Crippen LogP contribution in [0.4, 0.5) is 4.79 Å². The van der Waals surface area contributed by atoms with Crippen molar-refractivity contribution in [2.24, 2.45) is 23.2 Å². The maximum absolute atomic E-state index is 12.5. The fourth-order valence-corrected chi connectivity index (χ4v) is 5.01. The number of carbonyl (C=O) groups excluding carboxylic acids is 3.